The normalized spacial score (nSPS) is 11.5. The van der Waals surface area contributed by atoms with Crippen molar-refractivity contribution in [2.75, 3.05) is 25.1 Å². The van der Waals surface area contributed by atoms with Gasteiger partial charge in [-0.25, -0.2) is 13.8 Å². The van der Waals surface area contributed by atoms with Crippen LogP contribution in [0.1, 0.15) is 28.1 Å². The van der Waals surface area contributed by atoms with Gasteiger partial charge in [0, 0.05) is 28.7 Å². The number of benzene rings is 3. The number of aryl methyl sites for hydroxylation is 3. The Labute approximate surface area is 241 Å². The Morgan fingerprint density at radius 3 is 2.32 bits per heavy atom. The molecule has 0 radical (unpaired) electrons. The summed E-state index contributed by atoms with van der Waals surface area (Å²) in [7, 11) is -1.22. The molecule has 0 aliphatic carbocycles. The summed E-state index contributed by atoms with van der Waals surface area (Å²) in [5, 5.41) is 4.15. The van der Waals surface area contributed by atoms with E-state index in [0.717, 1.165) is 38.1 Å². The molecule has 1 aromatic heterocycles. The summed E-state index contributed by atoms with van der Waals surface area (Å²) >= 11 is 0. The van der Waals surface area contributed by atoms with E-state index in [1.807, 2.05) is 39.0 Å². The molecule has 41 heavy (non-hydrogen) atoms. The van der Waals surface area contributed by atoms with Crippen LogP contribution in [0.3, 0.4) is 0 Å². The fraction of sp³-hybridized carbons (Fsp3) is 0.226. The van der Waals surface area contributed by atoms with Crippen molar-refractivity contribution >= 4 is 27.8 Å². The standard InChI is InChI=1S/C31H34N4O5S/c1-21-11-14-27(15-12-21)41(37,38)34(29-16-13-26(39-5)18-30(29)40-6)20-31(36)33-32-19-25-17-23(3)35(24(25)4)28-10-8-7-9-22(28)2/h7-19H,20H2,1-6H3,(H,33,36)/b32-19-. The van der Waals surface area contributed by atoms with Crippen LogP contribution in [0.25, 0.3) is 5.69 Å². The number of nitrogens with zero attached hydrogens (tertiary/aromatic N) is 3. The van der Waals surface area contributed by atoms with Gasteiger partial charge < -0.3 is 14.0 Å². The van der Waals surface area contributed by atoms with Gasteiger partial charge >= 0.3 is 0 Å². The summed E-state index contributed by atoms with van der Waals surface area (Å²) in [5.41, 5.74) is 8.59. The number of ether oxygens (including phenoxy) is 2. The molecule has 0 aliphatic rings. The molecule has 4 rings (SSSR count). The lowest BCUT2D eigenvalue weighted by molar-refractivity contribution is -0.119. The van der Waals surface area contributed by atoms with Gasteiger partial charge in [0.15, 0.2) is 0 Å². The summed E-state index contributed by atoms with van der Waals surface area (Å²) in [6, 6.07) is 21.2. The topological polar surface area (TPSA) is 102 Å². The van der Waals surface area contributed by atoms with Crippen LogP contribution in [0.15, 0.2) is 82.8 Å². The minimum atomic E-state index is -4.14. The highest BCUT2D eigenvalue weighted by atomic mass is 32.2. The van der Waals surface area contributed by atoms with E-state index in [1.165, 1.54) is 26.4 Å². The number of methoxy groups -OCH3 is 2. The number of nitrogens with one attached hydrogen (secondary N) is 1. The largest absolute Gasteiger partial charge is 0.497 e. The maximum absolute atomic E-state index is 13.8. The van der Waals surface area contributed by atoms with Gasteiger partial charge in [-0.2, -0.15) is 5.10 Å². The van der Waals surface area contributed by atoms with Gasteiger partial charge in [-0.05, 0) is 69.7 Å². The molecule has 214 valence electrons. The van der Waals surface area contributed by atoms with Crippen molar-refractivity contribution in [3.8, 4) is 17.2 Å². The predicted molar refractivity (Wildman–Crippen MR) is 161 cm³/mol. The van der Waals surface area contributed by atoms with Gasteiger partial charge in [0.1, 0.15) is 18.0 Å². The van der Waals surface area contributed by atoms with Gasteiger partial charge in [-0.1, -0.05) is 35.9 Å². The molecule has 0 unspecified atom stereocenters. The van der Waals surface area contributed by atoms with Crippen molar-refractivity contribution in [3.63, 3.8) is 0 Å². The molecule has 10 heteroatoms. The Kier molecular flexibility index (Phi) is 8.83. The number of amides is 1. The number of hydrazone groups is 1. The van der Waals surface area contributed by atoms with E-state index in [-0.39, 0.29) is 16.3 Å². The van der Waals surface area contributed by atoms with Gasteiger partial charge in [0.25, 0.3) is 15.9 Å². The SMILES string of the molecule is COc1ccc(N(CC(=O)N/N=C\c2cc(C)n(-c3ccccc3C)c2C)S(=O)(=O)c2ccc(C)cc2)c(OC)c1. The molecule has 1 N–H and O–H groups in total. The number of hydrogen-bond acceptors (Lipinski definition) is 6. The number of sulfonamides is 1. The number of rotatable bonds is 10. The first-order chi connectivity index (χ1) is 19.6. The summed E-state index contributed by atoms with van der Waals surface area (Å²) in [5.74, 6) is 0.0955. The third kappa shape index (κ3) is 6.28. The average Bonchev–Trinajstić information content (AvgIpc) is 3.24. The number of hydrogen-bond donors (Lipinski definition) is 1. The van der Waals surface area contributed by atoms with E-state index in [1.54, 1.807) is 36.5 Å². The summed E-state index contributed by atoms with van der Waals surface area (Å²) < 4.78 is 41.4. The Hall–Kier alpha value is -4.57. The number of carbonyl (C=O) groups is 1. The zero-order valence-corrected chi connectivity index (χ0v) is 24.8. The van der Waals surface area contributed by atoms with E-state index >= 15 is 0 Å². The fourth-order valence-electron chi connectivity index (χ4n) is 4.57. The molecule has 0 spiro atoms. The second-order valence-corrected chi connectivity index (χ2v) is 11.5. The molecule has 1 heterocycles. The third-order valence-corrected chi connectivity index (χ3v) is 8.55. The first-order valence-corrected chi connectivity index (χ1v) is 14.4. The van der Waals surface area contributed by atoms with Crippen molar-refractivity contribution in [2.45, 2.75) is 32.6 Å². The highest BCUT2D eigenvalue weighted by Crippen LogP contribution is 2.35. The lowest BCUT2D eigenvalue weighted by Crippen LogP contribution is -2.39. The van der Waals surface area contributed by atoms with Crippen LogP contribution >= 0.6 is 0 Å². The predicted octanol–water partition coefficient (Wildman–Crippen LogP) is 5.07. The molecular formula is C31H34N4O5S. The molecule has 0 aliphatic heterocycles. The molecule has 0 atom stereocenters. The zero-order valence-electron chi connectivity index (χ0n) is 24.0. The van der Waals surface area contributed by atoms with Crippen LogP contribution in [0.4, 0.5) is 5.69 Å². The Bertz CT molecular complexity index is 1690. The summed E-state index contributed by atoms with van der Waals surface area (Å²) in [4.78, 5) is 13.1. The third-order valence-electron chi connectivity index (χ3n) is 6.77. The van der Waals surface area contributed by atoms with Gasteiger partial charge in [-0.3, -0.25) is 9.10 Å². The zero-order chi connectivity index (χ0) is 29.7. The molecule has 0 fully saturated rings. The summed E-state index contributed by atoms with van der Waals surface area (Å²) in [6.45, 7) is 7.37. The second kappa shape index (κ2) is 12.3. The van der Waals surface area contributed by atoms with E-state index < -0.39 is 22.5 Å². The second-order valence-electron chi connectivity index (χ2n) is 9.60. The number of para-hydroxylation sites is 1. The Morgan fingerprint density at radius 2 is 1.66 bits per heavy atom. The molecule has 0 saturated carbocycles. The monoisotopic (exact) mass is 574 g/mol. The molecule has 9 nitrogen and oxygen atoms in total. The maximum atomic E-state index is 13.8. The maximum Gasteiger partial charge on any atom is 0.264 e. The Balaban J connectivity index is 1.62. The molecular weight excluding hydrogens is 540 g/mol. The van der Waals surface area contributed by atoms with Crippen molar-refractivity contribution in [1.29, 1.82) is 0 Å². The number of aromatic nitrogens is 1. The van der Waals surface area contributed by atoms with Crippen LogP contribution in [-0.2, 0) is 14.8 Å². The van der Waals surface area contributed by atoms with Crippen molar-refractivity contribution in [1.82, 2.24) is 9.99 Å². The van der Waals surface area contributed by atoms with Crippen LogP contribution < -0.4 is 19.2 Å². The van der Waals surface area contributed by atoms with Crippen molar-refractivity contribution < 1.29 is 22.7 Å². The van der Waals surface area contributed by atoms with Crippen molar-refractivity contribution in [3.05, 3.63) is 101 Å². The fourth-order valence-corrected chi connectivity index (χ4v) is 6.00. The lowest BCUT2D eigenvalue weighted by atomic mass is 10.2. The minimum Gasteiger partial charge on any atom is -0.497 e. The highest BCUT2D eigenvalue weighted by molar-refractivity contribution is 7.92. The van der Waals surface area contributed by atoms with Crippen LogP contribution in [0.5, 0.6) is 11.5 Å². The molecule has 3 aromatic carbocycles. The highest BCUT2D eigenvalue weighted by Gasteiger charge is 2.29. The first-order valence-electron chi connectivity index (χ1n) is 12.9. The van der Waals surface area contributed by atoms with Crippen molar-refractivity contribution in [2.24, 2.45) is 5.10 Å². The van der Waals surface area contributed by atoms with E-state index in [0.29, 0.717) is 5.75 Å². The quantitative estimate of drug-likeness (QED) is 0.210. The van der Waals surface area contributed by atoms with Gasteiger partial charge in [0.2, 0.25) is 0 Å². The van der Waals surface area contributed by atoms with Crippen LogP contribution in [-0.4, -0.2) is 45.9 Å². The first kappa shape index (κ1) is 29.4. The molecule has 0 saturated heterocycles. The Morgan fingerprint density at radius 1 is 0.951 bits per heavy atom. The number of anilines is 1. The minimum absolute atomic E-state index is 0.0425. The van der Waals surface area contributed by atoms with Crippen LogP contribution in [0.2, 0.25) is 0 Å². The van der Waals surface area contributed by atoms with Crippen LogP contribution in [0, 0.1) is 27.7 Å². The van der Waals surface area contributed by atoms with E-state index in [2.05, 4.69) is 34.2 Å². The lowest BCUT2D eigenvalue weighted by Gasteiger charge is -2.25. The van der Waals surface area contributed by atoms with Gasteiger partial charge in [-0.15, -0.1) is 0 Å². The smallest absolute Gasteiger partial charge is 0.264 e. The number of carbonyl (C=O) groups excluding carboxylic acids is 1. The molecule has 4 aromatic rings. The summed E-state index contributed by atoms with van der Waals surface area (Å²) in [6.07, 6.45) is 1.56. The van der Waals surface area contributed by atoms with Gasteiger partial charge in [0.05, 0.1) is 31.0 Å². The molecule has 0 bridgehead atoms. The van der Waals surface area contributed by atoms with E-state index in [4.69, 9.17) is 9.47 Å². The molecule has 1 amide bonds. The average molecular weight is 575 g/mol. The van der Waals surface area contributed by atoms with E-state index in [9.17, 15) is 13.2 Å².